The minimum Gasteiger partial charge on any atom is -0.469 e. The maximum absolute atomic E-state index is 13.0. The third kappa shape index (κ3) is 1.20. The molecule has 5 heteroatoms. The van der Waals surface area contributed by atoms with Gasteiger partial charge in [0.2, 0.25) is 5.79 Å². The molecule has 1 aliphatic heterocycles. The number of methoxy groups -OCH3 is 2. The molecule has 0 bridgehead atoms. The molecule has 0 aromatic heterocycles. The summed E-state index contributed by atoms with van der Waals surface area (Å²) in [5.41, 5.74) is 0.426. The van der Waals surface area contributed by atoms with Gasteiger partial charge in [0.15, 0.2) is 5.78 Å². The zero-order chi connectivity index (χ0) is 16.0. The Labute approximate surface area is 133 Å². The van der Waals surface area contributed by atoms with E-state index in [0.29, 0.717) is 6.61 Å². The number of Topliss-reactive ketones (excluding diaryl/α,β-unsaturated/α-hetero) is 1. The normalized spacial score (nSPS) is 48.4. The highest BCUT2D eigenvalue weighted by atomic mass is 16.7. The smallest absolute Gasteiger partial charge is 0.313 e. The molecule has 3 saturated carbocycles. The highest BCUT2D eigenvalue weighted by Crippen LogP contribution is 2.86. The largest absolute Gasteiger partial charge is 0.469 e. The highest BCUT2D eigenvalue weighted by Gasteiger charge is 2.95. The molecule has 0 spiro atoms. The summed E-state index contributed by atoms with van der Waals surface area (Å²) in [5.74, 6) is -1.88. The fraction of sp³-hybridized carbons (Fsp3) is 0.556. The van der Waals surface area contributed by atoms with Crippen LogP contribution in [0.1, 0.15) is 11.5 Å². The summed E-state index contributed by atoms with van der Waals surface area (Å²) in [5, 5.41) is 0. The van der Waals surface area contributed by atoms with Gasteiger partial charge >= 0.3 is 5.97 Å². The van der Waals surface area contributed by atoms with E-state index < -0.39 is 11.2 Å². The molecule has 4 aliphatic rings. The second kappa shape index (κ2) is 4.02. The first-order valence-electron chi connectivity index (χ1n) is 8.01. The van der Waals surface area contributed by atoms with E-state index in [1.807, 2.05) is 18.2 Å². The number of carbonyl (C=O) groups excluding carboxylic acids is 2. The lowest BCUT2D eigenvalue weighted by molar-refractivity contribution is -0.212. The summed E-state index contributed by atoms with van der Waals surface area (Å²) < 4.78 is 16.5. The molecule has 3 aliphatic carbocycles. The average Bonchev–Trinajstić information content (AvgIpc) is 2.87. The Morgan fingerprint density at radius 1 is 1.26 bits per heavy atom. The van der Waals surface area contributed by atoms with Gasteiger partial charge in [-0.15, -0.1) is 0 Å². The first-order valence-corrected chi connectivity index (χ1v) is 8.01. The molecule has 1 aromatic rings. The number of carbonyl (C=O) groups is 2. The van der Waals surface area contributed by atoms with Crippen molar-refractivity contribution in [1.29, 1.82) is 0 Å². The number of ether oxygens (including phenoxy) is 3. The molecule has 0 N–H and O–H groups in total. The number of esters is 1. The monoisotopic (exact) mass is 314 g/mol. The van der Waals surface area contributed by atoms with Crippen LogP contribution in [0.2, 0.25) is 0 Å². The average molecular weight is 314 g/mol. The van der Waals surface area contributed by atoms with Gasteiger partial charge in [-0.2, -0.15) is 0 Å². The third-order valence-electron chi connectivity index (χ3n) is 6.66. The molecule has 7 atom stereocenters. The van der Waals surface area contributed by atoms with Crippen molar-refractivity contribution in [1.82, 2.24) is 0 Å². The van der Waals surface area contributed by atoms with Crippen LogP contribution in [0.25, 0.3) is 0 Å². The molecule has 1 saturated heterocycles. The lowest BCUT2D eigenvalue weighted by Gasteiger charge is -2.29. The SMILES string of the molecule is COC(=O)[C@@]12[C@@H]3[C@H](c4ccccc4)[C@H]4CO[C@@](OC)(C(=O)[C@@H]31)[C@H]42. The Kier molecular flexibility index (Phi) is 2.40. The molecule has 0 radical (unpaired) electrons. The maximum Gasteiger partial charge on any atom is 0.313 e. The third-order valence-corrected chi connectivity index (χ3v) is 6.66. The molecule has 5 rings (SSSR count). The molecule has 0 amide bonds. The van der Waals surface area contributed by atoms with Crippen molar-refractivity contribution in [2.24, 2.45) is 29.1 Å². The molecular weight excluding hydrogens is 296 g/mol. The summed E-state index contributed by atoms with van der Waals surface area (Å²) in [7, 11) is 2.90. The van der Waals surface area contributed by atoms with E-state index in [4.69, 9.17) is 14.2 Å². The van der Waals surface area contributed by atoms with Crippen molar-refractivity contribution in [3.05, 3.63) is 35.9 Å². The molecule has 120 valence electrons. The Morgan fingerprint density at radius 3 is 2.65 bits per heavy atom. The lowest BCUT2D eigenvalue weighted by Crippen LogP contribution is -2.45. The second-order valence-corrected chi connectivity index (χ2v) is 7.05. The fourth-order valence-electron chi connectivity index (χ4n) is 6.08. The summed E-state index contributed by atoms with van der Waals surface area (Å²) >= 11 is 0. The van der Waals surface area contributed by atoms with E-state index in [1.54, 1.807) is 0 Å². The standard InChI is InChI=1S/C18H18O5/c1-21-16(20)17-12-11(9-6-4-3-5-7-9)10-8-23-18(22-2,14(10)17)15(19)13(12)17/h3-7,10-14H,8H2,1-2H3/t10-,11-,12-,13-,14-,17+,18-/m1/s1. The predicted molar refractivity (Wildman–Crippen MR) is 78.3 cm³/mol. The number of benzene rings is 1. The quantitative estimate of drug-likeness (QED) is 0.789. The zero-order valence-electron chi connectivity index (χ0n) is 13.0. The van der Waals surface area contributed by atoms with E-state index in [9.17, 15) is 9.59 Å². The van der Waals surface area contributed by atoms with Crippen LogP contribution in [-0.2, 0) is 23.8 Å². The van der Waals surface area contributed by atoms with Crippen LogP contribution >= 0.6 is 0 Å². The van der Waals surface area contributed by atoms with Crippen molar-refractivity contribution < 1.29 is 23.8 Å². The van der Waals surface area contributed by atoms with E-state index >= 15 is 0 Å². The van der Waals surface area contributed by atoms with Crippen LogP contribution in [0.15, 0.2) is 30.3 Å². The van der Waals surface area contributed by atoms with Crippen LogP contribution in [0, 0.1) is 29.1 Å². The molecule has 0 unspecified atom stereocenters. The molecule has 4 fully saturated rings. The molecule has 5 nitrogen and oxygen atoms in total. The van der Waals surface area contributed by atoms with Gasteiger partial charge in [0, 0.05) is 18.9 Å². The van der Waals surface area contributed by atoms with Crippen molar-refractivity contribution in [3.63, 3.8) is 0 Å². The van der Waals surface area contributed by atoms with Crippen LogP contribution in [-0.4, -0.2) is 38.4 Å². The van der Waals surface area contributed by atoms with Crippen molar-refractivity contribution in [2.75, 3.05) is 20.8 Å². The van der Waals surface area contributed by atoms with Gasteiger partial charge in [-0.25, -0.2) is 0 Å². The van der Waals surface area contributed by atoms with Gasteiger partial charge in [-0.05, 0) is 23.3 Å². The maximum atomic E-state index is 13.0. The van der Waals surface area contributed by atoms with E-state index in [2.05, 4.69) is 12.1 Å². The van der Waals surface area contributed by atoms with Crippen molar-refractivity contribution in [2.45, 2.75) is 11.7 Å². The summed E-state index contributed by atoms with van der Waals surface area (Å²) in [6, 6.07) is 10.1. The zero-order valence-corrected chi connectivity index (χ0v) is 13.0. The van der Waals surface area contributed by atoms with E-state index in [1.165, 1.54) is 19.8 Å². The van der Waals surface area contributed by atoms with Crippen LogP contribution in [0.4, 0.5) is 0 Å². The molecular formula is C18H18O5. The second-order valence-electron chi connectivity index (χ2n) is 7.05. The number of rotatable bonds is 3. The van der Waals surface area contributed by atoms with Gasteiger partial charge in [-0.3, -0.25) is 9.59 Å². The first kappa shape index (κ1) is 13.7. The minimum absolute atomic E-state index is 0.0204. The van der Waals surface area contributed by atoms with E-state index in [0.717, 1.165) is 0 Å². The topological polar surface area (TPSA) is 61.8 Å². The van der Waals surface area contributed by atoms with Crippen LogP contribution in [0.5, 0.6) is 0 Å². The molecule has 1 aromatic carbocycles. The predicted octanol–water partition coefficient (Wildman–Crippen LogP) is 1.38. The van der Waals surface area contributed by atoms with Gasteiger partial charge in [0.1, 0.15) is 0 Å². The number of ketones is 1. The Morgan fingerprint density at radius 2 is 2.00 bits per heavy atom. The lowest BCUT2D eigenvalue weighted by atomic mass is 9.79. The summed E-state index contributed by atoms with van der Waals surface area (Å²) in [4.78, 5) is 25.6. The Hall–Kier alpha value is -1.72. The Bertz CT molecular complexity index is 715. The minimum atomic E-state index is -1.25. The fourth-order valence-corrected chi connectivity index (χ4v) is 6.08. The van der Waals surface area contributed by atoms with Gasteiger partial charge < -0.3 is 14.2 Å². The molecule has 23 heavy (non-hydrogen) atoms. The highest BCUT2D eigenvalue weighted by molar-refractivity contribution is 6.05. The number of fused-ring (bicyclic) bond motifs is 1. The van der Waals surface area contributed by atoms with Crippen molar-refractivity contribution in [3.8, 4) is 0 Å². The first-order chi connectivity index (χ1) is 11.1. The molecule has 1 heterocycles. The van der Waals surface area contributed by atoms with E-state index in [-0.39, 0.29) is 41.3 Å². The van der Waals surface area contributed by atoms with Crippen LogP contribution < -0.4 is 0 Å². The van der Waals surface area contributed by atoms with Gasteiger partial charge in [0.25, 0.3) is 0 Å². The summed E-state index contributed by atoms with van der Waals surface area (Å²) in [6.07, 6.45) is 0. The number of hydrogen-bond acceptors (Lipinski definition) is 5. The summed E-state index contributed by atoms with van der Waals surface area (Å²) in [6.45, 7) is 0.450. The Balaban J connectivity index is 1.70. The van der Waals surface area contributed by atoms with Crippen LogP contribution in [0.3, 0.4) is 0 Å². The van der Waals surface area contributed by atoms with Gasteiger partial charge in [-0.1, -0.05) is 30.3 Å². The number of hydrogen-bond donors (Lipinski definition) is 0. The van der Waals surface area contributed by atoms with Gasteiger partial charge in [0.05, 0.1) is 19.1 Å². The van der Waals surface area contributed by atoms with Crippen molar-refractivity contribution >= 4 is 11.8 Å².